The molecule has 2 aromatic rings. The fraction of sp³-hybridized carbons (Fsp3) is 0.143. The van der Waals surface area contributed by atoms with Gasteiger partial charge in [0.2, 0.25) is 11.8 Å². The minimum atomic E-state index is -0.272. The fourth-order valence-electron chi connectivity index (χ4n) is 2.21. The molecule has 7 heteroatoms. The first-order chi connectivity index (χ1) is 13.5. The fourth-order valence-corrected chi connectivity index (χ4v) is 2.34. The van der Waals surface area contributed by atoms with Crippen LogP contribution in [0.1, 0.15) is 5.56 Å². The summed E-state index contributed by atoms with van der Waals surface area (Å²) in [5.74, 6) is 0.543. The van der Waals surface area contributed by atoms with Crippen molar-refractivity contribution in [2.75, 3.05) is 19.0 Å². The third-order valence-corrected chi connectivity index (χ3v) is 3.85. The van der Waals surface area contributed by atoms with Crippen LogP contribution in [0.3, 0.4) is 0 Å². The molecular formula is C21H21ClN2O4. The Morgan fingerprint density at radius 2 is 1.86 bits per heavy atom. The van der Waals surface area contributed by atoms with Crippen LogP contribution >= 0.6 is 11.6 Å². The lowest BCUT2D eigenvalue weighted by Gasteiger charge is -2.11. The summed E-state index contributed by atoms with van der Waals surface area (Å²) < 4.78 is 10.9. The number of nitrogens with one attached hydrogen (secondary N) is 2. The average molecular weight is 401 g/mol. The van der Waals surface area contributed by atoms with Gasteiger partial charge in [0.25, 0.3) is 0 Å². The number of amides is 2. The van der Waals surface area contributed by atoms with E-state index in [2.05, 4.69) is 17.2 Å². The van der Waals surface area contributed by atoms with Gasteiger partial charge in [0.05, 0.1) is 7.11 Å². The second kappa shape index (κ2) is 10.8. The Morgan fingerprint density at radius 1 is 1.11 bits per heavy atom. The number of ether oxygens (including phenoxy) is 2. The molecule has 0 fully saturated rings. The summed E-state index contributed by atoms with van der Waals surface area (Å²) in [4.78, 5) is 23.1. The third kappa shape index (κ3) is 6.81. The van der Waals surface area contributed by atoms with Crippen molar-refractivity contribution in [3.63, 3.8) is 0 Å². The van der Waals surface area contributed by atoms with E-state index in [9.17, 15) is 9.59 Å². The highest BCUT2D eigenvalue weighted by Gasteiger charge is 2.06. The molecule has 0 bridgehead atoms. The van der Waals surface area contributed by atoms with Crippen LogP contribution in [0.5, 0.6) is 11.5 Å². The number of halogens is 1. The highest BCUT2D eigenvalue weighted by Crippen LogP contribution is 2.28. The molecule has 0 aliphatic rings. The molecule has 2 rings (SSSR count). The van der Waals surface area contributed by atoms with E-state index in [0.29, 0.717) is 28.8 Å². The van der Waals surface area contributed by atoms with Crippen LogP contribution in [0.4, 0.5) is 5.69 Å². The normalized spacial score (nSPS) is 10.4. The van der Waals surface area contributed by atoms with E-state index in [-0.39, 0.29) is 18.4 Å². The molecule has 0 aliphatic carbocycles. The van der Waals surface area contributed by atoms with Gasteiger partial charge in [-0.2, -0.15) is 0 Å². The summed E-state index contributed by atoms with van der Waals surface area (Å²) >= 11 is 5.81. The molecule has 0 unspecified atom stereocenters. The van der Waals surface area contributed by atoms with Crippen molar-refractivity contribution in [3.8, 4) is 11.5 Å². The van der Waals surface area contributed by atoms with Crippen molar-refractivity contribution in [2.24, 2.45) is 0 Å². The van der Waals surface area contributed by atoms with E-state index in [4.69, 9.17) is 21.1 Å². The van der Waals surface area contributed by atoms with E-state index in [1.54, 1.807) is 42.5 Å². The minimum absolute atomic E-state index is 0.191. The van der Waals surface area contributed by atoms with Crippen LogP contribution in [-0.2, 0) is 16.1 Å². The molecule has 146 valence electrons. The summed E-state index contributed by atoms with van der Waals surface area (Å²) in [5, 5.41) is 6.01. The van der Waals surface area contributed by atoms with Crippen LogP contribution in [0.2, 0.25) is 5.02 Å². The van der Waals surface area contributed by atoms with Crippen molar-refractivity contribution in [2.45, 2.75) is 6.54 Å². The van der Waals surface area contributed by atoms with E-state index >= 15 is 0 Å². The second-order valence-electron chi connectivity index (χ2n) is 5.62. The zero-order chi connectivity index (χ0) is 20.4. The molecule has 2 aromatic carbocycles. The monoisotopic (exact) mass is 400 g/mol. The molecule has 0 aromatic heterocycles. The number of anilines is 1. The standard InChI is InChI=1S/C21H21ClN2O4/c1-3-20(25)23-14-15-6-11-18(19(13-15)27-2)28-12-4-5-21(26)24-17-9-7-16(22)8-10-17/h3-11,13H,1,12,14H2,2H3,(H,23,25)(H,24,26)/b5-4+. The molecule has 0 heterocycles. The Bertz CT molecular complexity index is 863. The van der Waals surface area contributed by atoms with Crippen molar-refractivity contribution in [1.29, 1.82) is 0 Å². The van der Waals surface area contributed by atoms with Crippen LogP contribution < -0.4 is 20.1 Å². The second-order valence-corrected chi connectivity index (χ2v) is 6.05. The number of benzene rings is 2. The molecule has 6 nitrogen and oxygen atoms in total. The summed E-state index contributed by atoms with van der Waals surface area (Å²) in [6, 6.07) is 12.2. The van der Waals surface area contributed by atoms with Crippen LogP contribution in [0.25, 0.3) is 0 Å². The number of carbonyl (C=O) groups is 2. The molecule has 0 saturated carbocycles. The highest BCUT2D eigenvalue weighted by molar-refractivity contribution is 6.30. The van der Waals surface area contributed by atoms with E-state index < -0.39 is 0 Å². The van der Waals surface area contributed by atoms with E-state index in [1.165, 1.54) is 19.3 Å². The molecule has 28 heavy (non-hydrogen) atoms. The topological polar surface area (TPSA) is 76.7 Å². The number of carbonyl (C=O) groups excluding carboxylic acids is 2. The summed E-state index contributed by atoms with van der Waals surface area (Å²) in [6.45, 7) is 3.95. The molecule has 0 radical (unpaired) electrons. The Labute approximate surface area is 168 Å². The predicted molar refractivity (Wildman–Crippen MR) is 110 cm³/mol. The molecular weight excluding hydrogens is 380 g/mol. The highest BCUT2D eigenvalue weighted by atomic mass is 35.5. The van der Waals surface area contributed by atoms with Crippen molar-refractivity contribution in [3.05, 3.63) is 77.9 Å². The van der Waals surface area contributed by atoms with Gasteiger partial charge in [-0.1, -0.05) is 24.2 Å². The van der Waals surface area contributed by atoms with E-state index in [1.807, 2.05) is 6.07 Å². The Morgan fingerprint density at radius 3 is 2.54 bits per heavy atom. The largest absolute Gasteiger partial charge is 0.493 e. The van der Waals surface area contributed by atoms with Gasteiger partial charge >= 0.3 is 0 Å². The summed E-state index contributed by atoms with van der Waals surface area (Å²) in [6.07, 6.45) is 4.20. The lowest BCUT2D eigenvalue weighted by molar-refractivity contribution is -0.116. The first kappa shape index (κ1) is 21.1. The summed E-state index contributed by atoms with van der Waals surface area (Å²) in [7, 11) is 1.53. The van der Waals surface area contributed by atoms with Crippen LogP contribution in [0.15, 0.2) is 67.3 Å². The first-order valence-corrected chi connectivity index (χ1v) is 8.82. The van der Waals surface area contributed by atoms with E-state index in [0.717, 1.165) is 5.56 Å². The smallest absolute Gasteiger partial charge is 0.248 e. The zero-order valence-electron chi connectivity index (χ0n) is 15.4. The van der Waals surface area contributed by atoms with Gasteiger partial charge in [-0.25, -0.2) is 0 Å². The molecule has 0 spiro atoms. The van der Waals surface area contributed by atoms with Gasteiger partial charge in [-0.15, -0.1) is 0 Å². The SMILES string of the molecule is C=CC(=O)NCc1ccc(OC/C=C/C(=O)Nc2ccc(Cl)cc2)c(OC)c1. The molecule has 2 N–H and O–H groups in total. The number of hydrogen-bond donors (Lipinski definition) is 2. The molecule has 0 aliphatic heterocycles. The molecule has 0 saturated heterocycles. The van der Waals surface area contributed by atoms with Gasteiger partial charge in [0.1, 0.15) is 6.61 Å². The van der Waals surface area contributed by atoms with Gasteiger partial charge in [0.15, 0.2) is 11.5 Å². The lowest BCUT2D eigenvalue weighted by Crippen LogP contribution is -2.19. The number of methoxy groups -OCH3 is 1. The molecule has 2 amide bonds. The predicted octanol–water partition coefficient (Wildman–Crippen LogP) is 3.72. The number of rotatable bonds is 9. The van der Waals surface area contributed by atoms with Gasteiger partial charge in [-0.3, -0.25) is 9.59 Å². The van der Waals surface area contributed by atoms with Crippen molar-refractivity contribution < 1.29 is 19.1 Å². The van der Waals surface area contributed by atoms with Crippen molar-refractivity contribution in [1.82, 2.24) is 5.32 Å². The van der Waals surface area contributed by atoms with Gasteiger partial charge in [0, 0.05) is 23.3 Å². The quantitative estimate of drug-likeness (QED) is 0.629. The van der Waals surface area contributed by atoms with Gasteiger partial charge in [-0.05, 0) is 54.1 Å². The van der Waals surface area contributed by atoms with Crippen LogP contribution in [0, 0.1) is 0 Å². The van der Waals surface area contributed by atoms with Gasteiger partial charge < -0.3 is 20.1 Å². The maximum atomic E-state index is 11.9. The first-order valence-electron chi connectivity index (χ1n) is 8.45. The molecule has 0 atom stereocenters. The Kier molecular flexibility index (Phi) is 8.11. The average Bonchev–Trinajstić information content (AvgIpc) is 2.71. The Balaban J connectivity index is 1.86. The Hall–Kier alpha value is -3.25. The summed E-state index contributed by atoms with van der Waals surface area (Å²) in [5.41, 5.74) is 1.51. The lowest BCUT2D eigenvalue weighted by atomic mass is 10.2. The maximum Gasteiger partial charge on any atom is 0.248 e. The number of hydrogen-bond acceptors (Lipinski definition) is 4. The zero-order valence-corrected chi connectivity index (χ0v) is 16.2. The van der Waals surface area contributed by atoms with Crippen LogP contribution in [-0.4, -0.2) is 25.5 Å². The minimum Gasteiger partial charge on any atom is -0.493 e. The maximum absolute atomic E-state index is 11.9. The van der Waals surface area contributed by atoms with Crippen molar-refractivity contribution >= 4 is 29.1 Å². The third-order valence-electron chi connectivity index (χ3n) is 3.60.